The number of nitrogens with one attached hydrogen (secondary N) is 1. The third-order valence-electron chi connectivity index (χ3n) is 5.19. The fourth-order valence-corrected chi connectivity index (χ4v) is 5.19. The largest absolute Gasteiger partial charge is 0.478 e. The van der Waals surface area contributed by atoms with Gasteiger partial charge in [-0.1, -0.05) is 19.3 Å². The van der Waals surface area contributed by atoms with Crippen LogP contribution in [0.5, 0.6) is 0 Å². The lowest BCUT2D eigenvalue weighted by Crippen LogP contribution is -2.15. The Bertz CT molecular complexity index is 825. The molecule has 2 aliphatic rings. The van der Waals surface area contributed by atoms with Crippen LogP contribution in [0.1, 0.15) is 53.3 Å². The second-order valence-electron chi connectivity index (χ2n) is 6.89. The Morgan fingerprint density at radius 1 is 1.19 bits per heavy atom. The molecule has 1 aromatic heterocycles. The minimum atomic E-state index is -0.960. The molecule has 0 saturated heterocycles. The Kier molecular flexibility index (Phi) is 4.72. The van der Waals surface area contributed by atoms with Crippen LogP contribution < -0.4 is 5.32 Å². The number of hydrogen-bond acceptors (Lipinski definition) is 4. The van der Waals surface area contributed by atoms with Crippen molar-refractivity contribution in [2.75, 3.05) is 11.1 Å². The predicted octanol–water partition coefficient (Wildman–Crippen LogP) is 3.88. The number of rotatable bonds is 3. The number of carbonyl (C=O) groups is 2. The van der Waals surface area contributed by atoms with Crippen LogP contribution in [0, 0.1) is 5.92 Å². The molecule has 1 amide bonds. The summed E-state index contributed by atoms with van der Waals surface area (Å²) >= 11 is 1.71. The quantitative estimate of drug-likeness (QED) is 0.855. The van der Waals surface area contributed by atoms with Crippen molar-refractivity contribution < 1.29 is 14.7 Å². The summed E-state index contributed by atoms with van der Waals surface area (Å²) in [6.45, 7) is 0. The molecule has 136 valence electrons. The van der Waals surface area contributed by atoms with Crippen LogP contribution in [0.3, 0.4) is 0 Å². The Labute approximate surface area is 156 Å². The van der Waals surface area contributed by atoms with Gasteiger partial charge in [0, 0.05) is 10.8 Å². The summed E-state index contributed by atoms with van der Waals surface area (Å²) in [5.74, 6) is 0.774. The van der Waals surface area contributed by atoms with Crippen molar-refractivity contribution in [3.05, 3.63) is 41.6 Å². The van der Waals surface area contributed by atoms with Crippen molar-refractivity contribution in [2.24, 2.45) is 5.92 Å². The molecule has 1 atom stereocenters. The first-order valence-corrected chi connectivity index (χ1v) is 10.0. The average molecular weight is 371 g/mol. The Morgan fingerprint density at radius 2 is 1.92 bits per heavy atom. The molecule has 1 aromatic carbocycles. The monoisotopic (exact) mass is 371 g/mol. The minimum absolute atomic E-state index is 0.0153. The Balaban J connectivity index is 1.71. The fourth-order valence-electron chi connectivity index (χ4n) is 3.89. The number of aromatic carboxylic acids is 1. The summed E-state index contributed by atoms with van der Waals surface area (Å²) in [5, 5.41) is 16.8. The van der Waals surface area contributed by atoms with Crippen molar-refractivity contribution in [1.82, 2.24) is 9.78 Å². The van der Waals surface area contributed by atoms with E-state index >= 15 is 0 Å². The van der Waals surface area contributed by atoms with Gasteiger partial charge in [-0.05, 0) is 43.0 Å². The molecule has 26 heavy (non-hydrogen) atoms. The standard InChI is InChI=1S/C19H21N3O3S/c23-16-11-26-17(12-4-2-1-3-5-12)15-10-20-22(18(15)21-16)14-8-6-13(7-9-14)19(24)25/h6-10,12,17H,1-5,11H2,(H,21,23)(H,24,25)/t17-/m1/s1. The summed E-state index contributed by atoms with van der Waals surface area (Å²) in [5.41, 5.74) is 2.05. The summed E-state index contributed by atoms with van der Waals surface area (Å²) in [4.78, 5) is 23.3. The fraction of sp³-hybridized carbons (Fsp3) is 0.421. The molecule has 4 rings (SSSR count). The highest BCUT2D eigenvalue weighted by Gasteiger charge is 2.33. The average Bonchev–Trinajstić information content (AvgIpc) is 2.98. The van der Waals surface area contributed by atoms with E-state index in [0.29, 0.717) is 11.7 Å². The number of aromatic nitrogens is 2. The van der Waals surface area contributed by atoms with E-state index in [4.69, 9.17) is 5.11 Å². The van der Waals surface area contributed by atoms with Gasteiger partial charge in [0.25, 0.3) is 0 Å². The zero-order valence-corrected chi connectivity index (χ0v) is 15.2. The molecule has 6 nitrogen and oxygen atoms in total. The van der Waals surface area contributed by atoms with E-state index in [-0.39, 0.29) is 16.7 Å². The Hall–Kier alpha value is -2.28. The number of hydrogen-bond donors (Lipinski definition) is 2. The highest BCUT2D eigenvalue weighted by molar-refractivity contribution is 8.00. The first-order chi connectivity index (χ1) is 12.6. The van der Waals surface area contributed by atoms with Gasteiger partial charge in [0.05, 0.1) is 23.2 Å². The number of fused-ring (bicyclic) bond motifs is 1. The van der Waals surface area contributed by atoms with E-state index in [1.54, 1.807) is 40.7 Å². The van der Waals surface area contributed by atoms with Gasteiger partial charge in [0.1, 0.15) is 5.82 Å². The van der Waals surface area contributed by atoms with Crippen LogP contribution in [0.25, 0.3) is 5.69 Å². The number of carboxylic acids is 1. The van der Waals surface area contributed by atoms with Gasteiger partial charge in [-0.2, -0.15) is 5.10 Å². The van der Waals surface area contributed by atoms with Crippen LogP contribution in [0.4, 0.5) is 5.82 Å². The normalized spacial score (nSPS) is 20.9. The van der Waals surface area contributed by atoms with E-state index in [2.05, 4.69) is 10.4 Å². The lowest BCUT2D eigenvalue weighted by molar-refractivity contribution is -0.113. The lowest BCUT2D eigenvalue weighted by atomic mass is 9.85. The summed E-state index contributed by atoms with van der Waals surface area (Å²) in [6.07, 6.45) is 8.06. The second kappa shape index (κ2) is 7.15. The maximum absolute atomic E-state index is 12.2. The van der Waals surface area contributed by atoms with Gasteiger partial charge < -0.3 is 10.4 Å². The topological polar surface area (TPSA) is 84.2 Å². The van der Waals surface area contributed by atoms with Crippen molar-refractivity contribution in [2.45, 2.75) is 37.4 Å². The smallest absolute Gasteiger partial charge is 0.335 e. The van der Waals surface area contributed by atoms with Crippen LogP contribution in [-0.2, 0) is 4.79 Å². The first-order valence-electron chi connectivity index (χ1n) is 8.96. The molecule has 0 bridgehead atoms. The first kappa shape index (κ1) is 17.1. The van der Waals surface area contributed by atoms with Gasteiger partial charge in [0.15, 0.2) is 0 Å². The van der Waals surface area contributed by atoms with Crippen molar-refractivity contribution in [1.29, 1.82) is 0 Å². The van der Waals surface area contributed by atoms with Gasteiger partial charge in [-0.3, -0.25) is 4.79 Å². The molecule has 7 heteroatoms. The molecule has 1 fully saturated rings. The van der Waals surface area contributed by atoms with Crippen molar-refractivity contribution in [3.8, 4) is 5.69 Å². The number of amides is 1. The molecule has 1 aliphatic carbocycles. The number of carboxylic acid groups (broad SMARTS) is 1. The number of carbonyl (C=O) groups excluding carboxylic acids is 1. The minimum Gasteiger partial charge on any atom is -0.478 e. The number of nitrogens with zero attached hydrogens (tertiary/aromatic N) is 2. The second-order valence-corrected chi connectivity index (χ2v) is 8.02. The summed E-state index contributed by atoms with van der Waals surface area (Å²) in [7, 11) is 0. The summed E-state index contributed by atoms with van der Waals surface area (Å²) in [6, 6.07) is 6.54. The maximum atomic E-state index is 12.2. The molecular formula is C19H21N3O3S. The molecule has 1 saturated carbocycles. The molecule has 0 spiro atoms. The predicted molar refractivity (Wildman–Crippen MR) is 101 cm³/mol. The molecule has 2 heterocycles. The summed E-state index contributed by atoms with van der Waals surface area (Å²) < 4.78 is 1.71. The SMILES string of the molecule is O=C1CS[C@H](C2CCCCC2)c2cnn(-c3ccc(C(=O)O)cc3)c2N1. The lowest BCUT2D eigenvalue weighted by Gasteiger charge is -2.28. The van der Waals surface area contributed by atoms with Crippen molar-refractivity contribution >= 4 is 29.5 Å². The molecule has 0 unspecified atom stereocenters. The Morgan fingerprint density at radius 3 is 2.62 bits per heavy atom. The van der Waals surface area contributed by atoms with Crippen LogP contribution in [0.15, 0.2) is 30.5 Å². The van der Waals surface area contributed by atoms with Crippen LogP contribution in [-0.4, -0.2) is 32.5 Å². The van der Waals surface area contributed by atoms with E-state index < -0.39 is 5.97 Å². The van der Waals surface area contributed by atoms with Gasteiger partial charge in [0.2, 0.25) is 5.91 Å². The molecule has 2 aromatic rings. The third-order valence-corrected chi connectivity index (χ3v) is 6.62. The molecule has 2 N–H and O–H groups in total. The zero-order chi connectivity index (χ0) is 18.1. The van der Waals surface area contributed by atoms with Crippen molar-refractivity contribution in [3.63, 3.8) is 0 Å². The maximum Gasteiger partial charge on any atom is 0.335 e. The van der Waals surface area contributed by atoms with Crippen LogP contribution in [0.2, 0.25) is 0 Å². The highest BCUT2D eigenvalue weighted by atomic mass is 32.2. The highest BCUT2D eigenvalue weighted by Crippen LogP contribution is 2.47. The van der Waals surface area contributed by atoms with E-state index in [9.17, 15) is 9.59 Å². The molecular weight excluding hydrogens is 350 g/mol. The van der Waals surface area contributed by atoms with Gasteiger partial charge in [-0.15, -0.1) is 11.8 Å². The number of anilines is 1. The van der Waals surface area contributed by atoms with Crippen LogP contribution >= 0.6 is 11.8 Å². The number of thioether (sulfide) groups is 1. The van der Waals surface area contributed by atoms with E-state index in [1.165, 1.54) is 32.1 Å². The zero-order valence-electron chi connectivity index (χ0n) is 14.4. The van der Waals surface area contributed by atoms with E-state index in [1.807, 2.05) is 6.20 Å². The molecule has 0 radical (unpaired) electrons. The van der Waals surface area contributed by atoms with E-state index in [0.717, 1.165) is 17.1 Å². The molecule has 1 aliphatic heterocycles. The van der Waals surface area contributed by atoms with Gasteiger partial charge in [-0.25, -0.2) is 9.48 Å². The number of benzene rings is 1. The van der Waals surface area contributed by atoms with Gasteiger partial charge >= 0.3 is 5.97 Å². The third kappa shape index (κ3) is 3.23.